The van der Waals surface area contributed by atoms with Gasteiger partial charge in [-0.25, -0.2) is 0 Å². The van der Waals surface area contributed by atoms with Gasteiger partial charge in [-0.3, -0.25) is 9.59 Å². The predicted octanol–water partition coefficient (Wildman–Crippen LogP) is 0.629. The SMILES string of the molecule is O=CC(=O)C1CCN2CCCC2C1. The topological polar surface area (TPSA) is 37.4 Å². The lowest BCUT2D eigenvalue weighted by molar-refractivity contribution is -0.133. The van der Waals surface area contributed by atoms with Crippen LogP contribution >= 0.6 is 0 Å². The first-order valence-electron chi connectivity index (χ1n) is 5.04. The molecule has 2 aliphatic heterocycles. The lowest BCUT2D eigenvalue weighted by Crippen LogP contribution is -2.40. The summed E-state index contributed by atoms with van der Waals surface area (Å²) < 4.78 is 0. The molecule has 13 heavy (non-hydrogen) atoms. The number of carbonyl (C=O) groups excluding carboxylic acids is 2. The van der Waals surface area contributed by atoms with Gasteiger partial charge in [0.2, 0.25) is 0 Å². The number of fused-ring (bicyclic) bond motifs is 1. The van der Waals surface area contributed by atoms with Gasteiger partial charge in [0, 0.05) is 12.0 Å². The van der Waals surface area contributed by atoms with E-state index in [9.17, 15) is 9.59 Å². The summed E-state index contributed by atoms with van der Waals surface area (Å²) in [4.78, 5) is 24.0. The number of piperidine rings is 1. The number of aldehydes is 1. The van der Waals surface area contributed by atoms with Crippen LogP contribution in [-0.2, 0) is 9.59 Å². The van der Waals surface area contributed by atoms with Crippen LogP contribution in [0.15, 0.2) is 0 Å². The fraction of sp³-hybridized carbons (Fsp3) is 0.800. The van der Waals surface area contributed by atoms with E-state index in [4.69, 9.17) is 0 Å². The number of rotatable bonds is 2. The molecule has 2 heterocycles. The average molecular weight is 181 g/mol. The Balaban J connectivity index is 1.96. The molecule has 72 valence electrons. The van der Waals surface area contributed by atoms with E-state index in [0.29, 0.717) is 12.3 Å². The number of hydrogen-bond acceptors (Lipinski definition) is 3. The standard InChI is InChI=1S/C10H15NO2/c12-7-10(13)8-3-5-11-4-1-2-9(11)6-8/h7-9H,1-6H2. The molecule has 2 atom stereocenters. The first-order valence-corrected chi connectivity index (χ1v) is 5.04. The van der Waals surface area contributed by atoms with E-state index in [1.54, 1.807) is 0 Å². The van der Waals surface area contributed by atoms with E-state index >= 15 is 0 Å². The second kappa shape index (κ2) is 3.58. The van der Waals surface area contributed by atoms with Crippen LogP contribution in [0, 0.1) is 5.92 Å². The summed E-state index contributed by atoms with van der Waals surface area (Å²) in [5, 5.41) is 0. The maximum atomic E-state index is 11.2. The van der Waals surface area contributed by atoms with Gasteiger partial charge in [-0.1, -0.05) is 0 Å². The molecule has 3 heteroatoms. The molecule has 2 aliphatic rings. The molecule has 0 amide bonds. The van der Waals surface area contributed by atoms with Crippen LogP contribution < -0.4 is 0 Å². The summed E-state index contributed by atoms with van der Waals surface area (Å²) in [7, 11) is 0. The number of hydrogen-bond donors (Lipinski definition) is 0. The summed E-state index contributed by atoms with van der Waals surface area (Å²) in [6, 6.07) is 0.586. The summed E-state index contributed by atoms with van der Waals surface area (Å²) in [6.45, 7) is 2.20. The Kier molecular flexibility index (Phi) is 2.44. The molecule has 0 spiro atoms. The Labute approximate surface area is 78.1 Å². The van der Waals surface area contributed by atoms with Crippen molar-refractivity contribution in [3.05, 3.63) is 0 Å². The van der Waals surface area contributed by atoms with E-state index in [2.05, 4.69) is 4.90 Å². The molecule has 0 saturated carbocycles. The fourth-order valence-electron chi connectivity index (χ4n) is 2.58. The summed E-state index contributed by atoms with van der Waals surface area (Å²) in [6.07, 6.45) is 4.76. The number of carbonyl (C=O) groups is 2. The molecular formula is C10H15NO2. The van der Waals surface area contributed by atoms with Crippen molar-refractivity contribution < 1.29 is 9.59 Å². The molecule has 0 aromatic carbocycles. The van der Waals surface area contributed by atoms with E-state index < -0.39 is 0 Å². The molecule has 0 radical (unpaired) electrons. The molecular weight excluding hydrogens is 166 g/mol. The number of Topliss-reactive ketones (excluding diaryl/α,β-unsaturated/α-hetero) is 1. The molecule has 0 bridgehead atoms. The monoisotopic (exact) mass is 181 g/mol. The Hall–Kier alpha value is -0.700. The van der Waals surface area contributed by atoms with Crippen molar-refractivity contribution in [1.29, 1.82) is 0 Å². The van der Waals surface area contributed by atoms with Crippen LogP contribution in [0.5, 0.6) is 0 Å². The van der Waals surface area contributed by atoms with Gasteiger partial charge in [0.1, 0.15) is 0 Å². The maximum absolute atomic E-state index is 11.2. The van der Waals surface area contributed by atoms with Crippen LogP contribution in [0.4, 0.5) is 0 Å². The van der Waals surface area contributed by atoms with Gasteiger partial charge in [0.05, 0.1) is 0 Å². The third kappa shape index (κ3) is 1.66. The Bertz CT molecular complexity index is 227. The number of ketones is 1. The zero-order valence-electron chi connectivity index (χ0n) is 7.74. The Morgan fingerprint density at radius 2 is 2.15 bits per heavy atom. The fourth-order valence-corrected chi connectivity index (χ4v) is 2.58. The molecule has 2 unspecified atom stereocenters. The van der Waals surface area contributed by atoms with E-state index in [0.717, 1.165) is 19.4 Å². The minimum atomic E-state index is -0.188. The van der Waals surface area contributed by atoms with Gasteiger partial charge in [-0.05, 0) is 38.8 Å². The molecule has 0 N–H and O–H groups in total. The van der Waals surface area contributed by atoms with Gasteiger partial charge >= 0.3 is 0 Å². The highest BCUT2D eigenvalue weighted by molar-refractivity contribution is 6.25. The molecule has 2 rings (SSSR count). The summed E-state index contributed by atoms with van der Waals surface area (Å²) in [5.74, 6) is -0.164. The van der Waals surface area contributed by atoms with Crippen molar-refractivity contribution in [2.75, 3.05) is 13.1 Å². The largest absolute Gasteiger partial charge is 0.300 e. The molecule has 0 aliphatic carbocycles. The van der Waals surface area contributed by atoms with Gasteiger partial charge in [-0.15, -0.1) is 0 Å². The lowest BCUT2D eigenvalue weighted by Gasteiger charge is -2.33. The lowest BCUT2D eigenvalue weighted by atomic mass is 9.88. The highest BCUT2D eigenvalue weighted by Crippen LogP contribution is 2.30. The molecule has 2 saturated heterocycles. The predicted molar refractivity (Wildman–Crippen MR) is 48.4 cm³/mol. The van der Waals surface area contributed by atoms with Crippen molar-refractivity contribution in [3.8, 4) is 0 Å². The van der Waals surface area contributed by atoms with Gasteiger partial charge in [-0.2, -0.15) is 0 Å². The Morgan fingerprint density at radius 3 is 2.92 bits per heavy atom. The maximum Gasteiger partial charge on any atom is 0.198 e. The van der Waals surface area contributed by atoms with Crippen molar-refractivity contribution >= 4 is 12.1 Å². The minimum Gasteiger partial charge on any atom is -0.300 e. The third-order valence-electron chi connectivity index (χ3n) is 3.34. The minimum absolute atomic E-state index is 0.0249. The molecule has 0 aromatic rings. The van der Waals surface area contributed by atoms with Crippen LogP contribution in [0.3, 0.4) is 0 Å². The molecule has 0 aromatic heterocycles. The van der Waals surface area contributed by atoms with Gasteiger partial charge in [0.15, 0.2) is 12.1 Å². The third-order valence-corrected chi connectivity index (χ3v) is 3.34. The van der Waals surface area contributed by atoms with Crippen LogP contribution in [0.25, 0.3) is 0 Å². The van der Waals surface area contributed by atoms with Crippen molar-refractivity contribution in [3.63, 3.8) is 0 Å². The van der Waals surface area contributed by atoms with Gasteiger partial charge in [0.25, 0.3) is 0 Å². The van der Waals surface area contributed by atoms with Gasteiger partial charge < -0.3 is 4.90 Å². The number of nitrogens with zero attached hydrogens (tertiary/aromatic N) is 1. The van der Waals surface area contributed by atoms with Crippen molar-refractivity contribution in [2.24, 2.45) is 5.92 Å². The second-order valence-electron chi connectivity index (χ2n) is 4.07. The first kappa shape index (κ1) is 8.88. The highest BCUT2D eigenvalue weighted by Gasteiger charge is 2.34. The second-order valence-corrected chi connectivity index (χ2v) is 4.07. The summed E-state index contributed by atoms with van der Waals surface area (Å²) in [5.41, 5.74) is 0. The first-order chi connectivity index (χ1) is 6.31. The average Bonchev–Trinajstić information content (AvgIpc) is 2.63. The van der Waals surface area contributed by atoms with E-state index in [-0.39, 0.29) is 11.7 Å². The zero-order chi connectivity index (χ0) is 9.26. The quantitative estimate of drug-likeness (QED) is 0.463. The summed E-state index contributed by atoms with van der Waals surface area (Å²) >= 11 is 0. The molecule has 2 fully saturated rings. The van der Waals surface area contributed by atoms with Crippen LogP contribution in [0.2, 0.25) is 0 Å². The highest BCUT2D eigenvalue weighted by atomic mass is 16.2. The van der Waals surface area contributed by atoms with Crippen LogP contribution in [-0.4, -0.2) is 36.1 Å². The van der Waals surface area contributed by atoms with Crippen molar-refractivity contribution in [2.45, 2.75) is 31.7 Å². The van der Waals surface area contributed by atoms with E-state index in [1.165, 1.54) is 19.4 Å². The van der Waals surface area contributed by atoms with Crippen LogP contribution in [0.1, 0.15) is 25.7 Å². The normalized spacial score (nSPS) is 34.2. The smallest absolute Gasteiger partial charge is 0.198 e. The Morgan fingerprint density at radius 1 is 1.31 bits per heavy atom. The van der Waals surface area contributed by atoms with E-state index in [1.807, 2.05) is 0 Å². The van der Waals surface area contributed by atoms with Crippen molar-refractivity contribution in [1.82, 2.24) is 4.90 Å². The zero-order valence-corrected chi connectivity index (χ0v) is 7.74. The molecule has 3 nitrogen and oxygen atoms in total.